The van der Waals surface area contributed by atoms with Crippen molar-refractivity contribution in [2.75, 3.05) is 25.5 Å². The van der Waals surface area contributed by atoms with Gasteiger partial charge < -0.3 is 19.6 Å². The molecule has 0 spiro atoms. The molecule has 0 unspecified atom stereocenters. The van der Waals surface area contributed by atoms with E-state index in [1.54, 1.807) is 25.3 Å². The number of nitrogens with zero attached hydrogens (tertiary/aromatic N) is 1. The van der Waals surface area contributed by atoms with Crippen LogP contribution in [0.15, 0.2) is 51.7 Å². The van der Waals surface area contributed by atoms with Gasteiger partial charge in [0.1, 0.15) is 16.9 Å². The predicted molar refractivity (Wildman–Crippen MR) is 119 cm³/mol. The summed E-state index contributed by atoms with van der Waals surface area (Å²) in [7, 11) is 1.57. The Morgan fingerprint density at radius 2 is 2.03 bits per heavy atom. The van der Waals surface area contributed by atoms with Gasteiger partial charge in [-0.05, 0) is 48.7 Å². The number of methoxy groups -OCH3 is 1. The van der Waals surface area contributed by atoms with Gasteiger partial charge in [0.2, 0.25) is 0 Å². The van der Waals surface area contributed by atoms with Crippen molar-refractivity contribution in [3.8, 4) is 5.75 Å². The van der Waals surface area contributed by atoms with Crippen LogP contribution in [0.3, 0.4) is 0 Å². The highest BCUT2D eigenvalue weighted by atomic mass is 16.5. The van der Waals surface area contributed by atoms with Crippen LogP contribution in [-0.4, -0.2) is 42.2 Å². The summed E-state index contributed by atoms with van der Waals surface area (Å²) in [6, 6.07) is 12.6. The third-order valence-corrected chi connectivity index (χ3v) is 5.65. The number of anilines is 1. The summed E-state index contributed by atoms with van der Waals surface area (Å²) >= 11 is 0. The van der Waals surface area contributed by atoms with Gasteiger partial charge in [0.25, 0.3) is 5.91 Å². The standard InChI is InChI=1S/C24H26N2O5/c1-3-19-21(30-2)9-6-16-12-20(24(29)31-22(16)19)23(28)25-17-7-4-15(5-8-17)13-26-11-10-18(27)14-26/h4-9,12,18,27H,3,10-11,13-14H2,1-2H3,(H,25,28)/t18-/m0/s1. The number of carbonyl (C=O) groups excluding carboxylic acids is 1. The van der Waals surface area contributed by atoms with Gasteiger partial charge in [-0.25, -0.2) is 4.79 Å². The topological polar surface area (TPSA) is 92.0 Å². The number of aryl methyl sites for hydroxylation is 1. The van der Waals surface area contributed by atoms with Crippen molar-refractivity contribution < 1.29 is 19.1 Å². The highest BCUT2D eigenvalue weighted by Crippen LogP contribution is 2.28. The Morgan fingerprint density at radius 3 is 2.68 bits per heavy atom. The first-order valence-electron chi connectivity index (χ1n) is 10.4. The molecule has 4 rings (SSSR count). The molecule has 0 bridgehead atoms. The zero-order valence-corrected chi connectivity index (χ0v) is 17.7. The minimum Gasteiger partial charge on any atom is -0.496 e. The van der Waals surface area contributed by atoms with Gasteiger partial charge in [0.05, 0.1) is 13.2 Å². The first kappa shape index (κ1) is 21.1. The number of hydrogen-bond donors (Lipinski definition) is 2. The molecule has 31 heavy (non-hydrogen) atoms. The lowest BCUT2D eigenvalue weighted by molar-refractivity contribution is 0.102. The van der Waals surface area contributed by atoms with Gasteiger partial charge >= 0.3 is 5.63 Å². The fraction of sp³-hybridized carbons (Fsp3) is 0.333. The van der Waals surface area contributed by atoms with E-state index in [2.05, 4.69) is 10.2 Å². The van der Waals surface area contributed by atoms with Gasteiger partial charge in [0, 0.05) is 36.3 Å². The molecule has 1 aliphatic rings. The van der Waals surface area contributed by atoms with E-state index in [-0.39, 0.29) is 11.7 Å². The summed E-state index contributed by atoms with van der Waals surface area (Å²) in [6.07, 6.45) is 1.19. The molecule has 1 amide bonds. The second kappa shape index (κ2) is 8.91. The van der Waals surface area contributed by atoms with Crippen molar-refractivity contribution in [2.45, 2.75) is 32.4 Å². The van der Waals surface area contributed by atoms with Crippen molar-refractivity contribution >= 4 is 22.6 Å². The Labute approximate surface area is 180 Å². The monoisotopic (exact) mass is 422 g/mol. The number of benzene rings is 2. The second-order valence-electron chi connectivity index (χ2n) is 7.79. The number of aliphatic hydroxyl groups is 1. The molecule has 7 heteroatoms. The first-order valence-corrected chi connectivity index (χ1v) is 10.4. The van der Waals surface area contributed by atoms with E-state index < -0.39 is 11.5 Å². The molecule has 162 valence electrons. The summed E-state index contributed by atoms with van der Waals surface area (Å²) in [4.78, 5) is 27.4. The molecule has 1 aromatic heterocycles. The number of ether oxygens (including phenoxy) is 1. The third kappa shape index (κ3) is 4.47. The van der Waals surface area contributed by atoms with Gasteiger partial charge in [-0.3, -0.25) is 9.69 Å². The van der Waals surface area contributed by atoms with E-state index in [0.29, 0.717) is 35.4 Å². The van der Waals surface area contributed by atoms with Gasteiger partial charge in [-0.15, -0.1) is 0 Å². The molecule has 2 heterocycles. The molecule has 0 radical (unpaired) electrons. The number of aliphatic hydroxyl groups excluding tert-OH is 1. The van der Waals surface area contributed by atoms with Crippen LogP contribution in [0.1, 0.15) is 34.8 Å². The summed E-state index contributed by atoms with van der Waals surface area (Å²) in [5, 5.41) is 13.1. The fourth-order valence-corrected chi connectivity index (χ4v) is 4.01. The predicted octanol–water partition coefficient (Wildman–Crippen LogP) is 3.18. The van der Waals surface area contributed by atoms with Gasteiger partial charge in [-0.1, -0.05) is 19.1 Å². The van der Waals surface area contributed by atoms with E-state index in [1.807, 2.05) is 31.2 Å². The largest absolute Gasteiger partial charge is 0.496 e. The number of fused-ring (bicyclic) bond motifs is 1. The van der Waals surface area contributed by atoms with E-state index >= 15 is 0 Å². The summed E-state index contributed by atoms with van der Waals surface area (Å²) < 4.78 is 10.8. The Bertz CT molecular complexity index is 1150. The number of carbonyl (C=O) groups is 1. The lowest BCUT2D eigenvalue weighted by Gasteiger charge is -2.15. The van der Waals surface area contributed by atoms with Crippen LogP contribution in [0.2, 0.25) is 0 Å². The minimum absolute atomic E-state index is 0.0464. The van der Waals surface area contributed by atoms with Crippen molar-refractivity contribution in [1.82, 2.24) is 4.90 Å². The van der Waals surface area contributed by atoms with Gasteiger partial charge in [-0.2, -0.15) is 0 Å². The minimum atomic E-state index is -0.683. The van der Waals surface area contributed by atoms with Crippen LogP contribution in [0, 0.1) is 0 Å². The maximum atomic E-state index is 12.7. The Hall–Kier alpha value is -3.16. The molecule has 0 aliphatic carbocycles. The maximum absolute atomic E-state index is 12.7. The average molecular weight is 422 g/mol. The van der Waals surface area contributed by atoms with E-state index in [1.165, 1.54) is 0 Å². The van der Waals surface area contributed by atoms with Crippen LogP contribution in [0.25, 0.3) is 11.0 Å². The SMILES string of the molecule is CCc1c(OC)ccc2cc(C(=O)Nc3ccc(CN4CC[C@H](O)C4)cc3)c(=O)oc12. The lowest BCUT2D eigenvalue weighted by atomic mass is 10.1. The van der Waals surface area contributed by atoms with E-state index in [9.17, 15) is 14.7 Å². The van der Waals surface area contributed by atoms with E-state index in [0.717, 1.165) is 30.6 Å². The molecular formula is C24H26N2O5. The molecule has 1 atom stereocenters. The second-order valence-corrected chi connectivity index (χ2v) is 7.79. The average Bonchev–Trinajstić information content (AvgIpc) is 3.18. The first-order chi connectivity index (χ1) is 15.0. The fourth-order valence-electron chi connectivity index (χ4n) is 4.01. The Kier molecular flexibility index (Phi) is 6.06. The molecule has 1 aliphatic heterocycles. The summed E-state index contributed by atoms with van der Waals surface area (Å²) in [5.41, 5.74) is 2.20. The maximum Gasteiger partial charge on any atom is 0.349 e. The summed E-state index contributed by atoms with van der Waals surface area (Å²) in [5.74, 6) is 0.138. The third-order valence-electron chi connectivity index (χ3n) is 5.65. The van der Waals surface area contributed by atoms with Crippen molar-refractivity contribution in [3.63, 3.8) is 0 Å². The van der Waals surface area contributed by atoms with Crippen LogP contribution in [0.5, 0.6) is 5.75 Å². The lowest BCUT2D eigenvalue weighted by Crippen LogP contribution is -2.22. The molecule has 2 aromatic carbocycles. The quantitative estimate of drug-likeness (QED) is 0.593. The number of hydrogen-bond acceptors (Lipinski definition) is 6. The van der Waals surface area contributed by atoms with Crippen LogP contribution >= 0.6 is 0 Å². The molecule has 3 aromatic rings. The Balaban J connectivity index is 1.51. The zero-order chi connectivity index (χ0) is 22.0. The highest BCUT2D eigenvalue weighted by Gasteiger charge is 2.20. The molecule has 0 saturated carbocycles. The molecule has 7 nitrogen and oxygen atoms in total. The molecule has 2 N–H and O–H groups in total. The van der Waals surface area contributed by atoms with Crippen LogP contribution in [0.4, 0.5) is 5.69 Å². The van der Waals surface area contributed by atoms with Gasteiger partial charge in [0.15, 0.2) is 0 Å². The number of nitrogens with one attached hydrogen (secondary N) is 1. The molecule has 1 saturated heterocycles. The van der Waals surface area contributed by atoms with Crippen molar-refractivity contribution in [3.05, 3.63) is 69.6 Å². The zero-order valence-electron chi connectivity index (χ0n) is 17.7. The van der Waals surface area contributed by atoms with Crippen molar-refractivity contribution in [2.24, 2.45) is 0 Å². The highest BCUT2D eigenvalue weighted by molar-refractivity contribution is 6.05. The number of β-amino-alcohol motifs (C(OH)–C–C–N with tert-alkyl or cyclic N) is 1. The van der Waals surface area contributed by atoms with Crippen LogP contribution < -0.4 is 15.7 Å². The molecule has 1 fully saturated rings. The van der Waals surface area contributed by atoms with Crippen molar-refractivity contribution in [1.29, 1.82) is 0 Å². The molecular weight excluding hydrogens is 396 g/mol. The van der Waals surface area contributed by atoms with Crippen LogP contribution in [-0.2, 0) is 13.0 Å². The normalized spacial score (nSPS) is 16.5. The Morgan fingerprint density at radius 1 is 1.26 bits per heavy atom. The van der Waals surface area contributed by atoms with E-state index in [4.69, 9.17) is 9.15 Å². The number of amides is 1. The smallest absolute Gasteiger partial charge is 0.349 e. The number of likely N-dealkylation sites (tertiary alicyclic amines) is 1. The number of rotatable bonds is 6. The summed E-state index contributed by atoms with van der Waals surface area (Å²) in [6.45, 7) is 4.26.